The third-order valence-electron chi connectivity index (χ3n) is 9.25. The summed E-state index contributed by atoms with van der Waals surface area (Å²) in [6, 6.07) is 1.59. The molecular weight excluding hydrogens is 379 g/mol. The number of carbonyl (C=O) groups excluding carboxylic acids is 1. The number of likely N-dealkylation sites (N-methyl/N-ethyl adjacent to an activating group) is 1. The van der Waals surface area contributed by atoms with Crippen LogP contribution in [0, 0.1) is 17.8 Å². The molecular formula is C24H41FN4O. The zero-order valence-corrected chi connectivity index (χ0v) is 18.9. The van der Waals surface area contributed by atoms with Crippen LogP contribution in [0.5, 0.6) is 0 Å². The van der Waals surface area contributed by atoms with Gasteiger partial charge in [0.25, 0.3) is 0 Å². The van der Waals surface area contributed by atoms with Crippen molar-refractivity contribution in [3.8, 4) is 0 Å². The molecule has 2 aliphatic carbocycles. The van der Waals surface area contributed by atoms with Gasteiger partial charge in [-0.3, -0.25) is 9.69 Å². The molecule has 170 valence electrons. The van der Waals surface area contributed by atoms with E-state index in [4.69, 9.17) is 0 Å². The van der Waals surface area contributed by atoms with Gasteiger partial charge in [0.2, 0.25) is 5.91 Å². The molecule has 0 aromatic carbocycles. The summed E-state index contributed by atoms with van der Waals surface area (Å²) in [4.78, 5) is 18.3. The molecule has 3 saturated heterocycles. The maximum absolute atomic E-state index is 14.4. The van der Waals surface area contributed by atoms with E-state index in [0.717, 1.165) is 31.2 Å². The van der Waals surface area contributed by atoms with Gasteiger partial charge < -0.3 is 15.5 Å². The summed E-state index contributed by atoms with van der Waals surface area (Å²) in [5.74, 6) is 1.44. The average Bonchev–Trinajstić information content (AvgIpc) is 3.37. The first-order valence-corrected chi connectivity index (χ1v) is 12.6. The van der Waals surface area contributed by atoms with E-state index in [2.05, 4.69) is 34.4 Å². The summed E-state index contributed by atoms with van der Waals surface area (Å²) in [7, 11) is 2.29. The van der Waals surface area contributed by atoms with E-state index in [9.17, 15) is 9.18 Å². The Morgan fingerprint density at radius 2 is 1.93 bits per heavy atom. The predicted molar refractivity (Wildman–Crippen MR) is 117 cm³/mol. The number of likely N-dealkylation sites (tertiary alicyclic amines) is 2. The molecule has 0 radical (unpaired) electrons. The summed E-state index contributed by atoms with van der Waals surface area (Å²) >= 11 is 0. The number of rotatable bonds is 3. The van der Waals surface area contributed by atoms with Gasteiger partial charge in [-0.1, -0.05) is 6.92 Å². The maximum Gasteiger partial charge on any atom is 0.237 e. The predicted octanol–water partition coefficient (Wildman–Crippen LogP) is 2.55. The van der Waals surface area contributed by atoms with E-state index in [-0.39, 0.29) is 30.0 Å². The second kappa shape index (κ2) is 8.67. The SMILES string of the molecule is CC1CCC(F)C2CC(C(=O)NC3CCCC(N4CC5CCCN(C)C5C4)C3)NC12. The Labute approximate surface area is 181 Å². The van der Waals surface area contributed by atoms with E-state index < -0.39 is 6.17 Å². The number of halogens is 1. The first-order valence-electron chi connectivity index (χ1n) is 12.6. The minimum atomic E-state index is -0.743. The fourth-order valence-electron chi connectivity index (χ4n) is 7.47. The van der Waals surface area contributed by atoms with Crippen molar-refractivity contribution in [1.29, 1.82) is 0 Å². The number of hydrogen-bond donors (Lipinski definition) is 2. The maximum atomic E-state index is 14.4. The molecule has 30 heavy (non-hydrogen) atoms. The van der Waals surface area contributed by atoms with Gasteiger partial charge in [0.1, 0.15) is 6.17 Å². The van der Waals surface area contributed by atoms with Crippen molar-refractivity contribution in [1.82, 2.24) is 20.4 Å². The van der Waals surface area contributed by atoms with E-state index in [1.807, 2.05) is 0 Å². The molecule has 1 amide bonds. The van der Waals surface area contributed by atoms with Crippen LogP contribution in [0.4, 0.5) is 4.39 Å². The minimum absolute atomic E-state index is 0.0218. The molecule has 0 aromatic heterocycles. The van der Waals surface area contributed by atoms with Crippen LogP contribution < -0.4 is 10.6 Å². The molecule has 5 aliphatic rings. The van der Waals surface area contributed by atoms with Crippen LogP contribution in [0.1, 0.15) is 64.7 Å². The van der Waals surface area contributed by atoms with Gasteiger partial charge in [-0.2, -0.15) is 0 Å². The van der Waals surface area contributed by atoms with Crippen LogP contribution >= 0.6 is 0 Å². The van der Waals surface area contributed by atoms with Gasteiger partial charge in [-0.15, -0.1) is 0 Å². The molecule has 2 N–H and O–H groups in total. The molecule has 0 aromatic rings. The lowest BCUT2D eigenvalue weighted by Gasteiger charge is -2.36. The third-order valence-corrected chi connectivity index (χ3v) is 9.25. The molecule has 2 saturated carbocycles. The van der Waals surface area contributed by atoms with Gasteiger partial charge in [0.15, 0.2) is 0 Å². The van der Waals surface area contributed by atoms with Gasteiger partial charge >= 0.3 is 0 Å². The van der Waals surface area contributed by atoms with Crippen molar-refractivity contribution >= 4 is 5.91 Å². The molecule has 6 heteroatoms. The Morgan fingerprint density at radius 3 is 2.73 bits per heavy atom. The van der Waals surface area contributed by atoms with E-state index in [1.54, 1.807) is 0 Å². The molecule has 0 bridgehead atoms. The minimum Gasteiger partial charge on any atom is -0.352 e. The van der Waals surface area contributed by atoms with Crippen molar-refractivity contribution in [3.05, 3.63) is 0 Å². The quantitative estimate of drug-likeness (QED) is 0.737. The van der Waals surface area contributed by atoms with Crippen LogP contribution in [-0.2, 0) is 4.79 Å². The molecule has 0 spiro atoms. The number of piperidine rings is 1. The lowest BCUT2D eigenvalue weighted by atomic mass is 9.77. The Morgan fingerprint density at radius 1 is 1.07 bits per heavy atom. The van der Waals surface area contributed by atoms with Crippen LogP contribution in [-0.4, -0.2) is 78.8 Å². The highest BCUT2D eigenvalue weighted by molar-refractivity contribution is 5.82. The van der Waals surface area contributed by atoms with Crippen molar-refractivity contribution in [3.63, 3.8) is 0 Å². The number of fused-ring (bicyclic) bond motifs is 2. The van der Waals surface area contributed by atoms with Crippen LogP contribution in [0.3, 0.4) is 0 Å². The highest BCUT2D eigenvalue weighted by Crippen LogP contribution is 2.39. The zero-order chi connectivity index (χ0) is 20.8. The Hall–Kier alpha value is -0.720. The number of carbonyl (C=O) groups is 1. The van der Waals surface area contributed by atoms with Gasteiger partial charge in [-0.25, -0.2) is 4.39 Å². The summed E-state index contributed by atoms with van der Waals surface area (Å²) in [6.07, 6.45) is 8.86. The van der Waals surface area contributed by atoms with E-state index in [0.29, 0.717) is 24.8 Å². The van der Waals surface area contributed by atoms with Crippen LogP contribution in [0.25, 0.3) is 0 Å². The monoisotopic (exact) mass is 420 g/mol. The lowest BCUT2D eigenvalue weighted by Crippen LogP contribution is -2.51. The number of alkyl halides is 1. The fourth-order valence-corrected chi connectivity index (χ4v) is 7.47. The smallest absolute Gasteiger partial charge is 0.237 e. The standard InChI is InChI=1S/C24H41FN4O/c1-15-8-9-20(25)19-12-21(27-23(15)19)24(30)26-17-6-3-7-18(11-17)29-13-16-5-4-10-28(2)22(16)14-29/h15-23,27H,3-14H2,1-2H3,(H,26,30). The molecule has 5 nitrogen and oxygen atoms in total. The molecule has 9 atom stereocenters. The summed E-state index contributed by atoms with van der Waals surface area (Å²) in [5, 5.41) is 6.86. The highest BCUT2D eigenvalue weighted by Gasteiger charge is 2.47. The van der Waals surface area contributed by atoms with Gasteiger partial charge in [-0.05, 0) is 83.2 Å². The molecule has 5 fully saturated rings. The normalized spacial score (nSPS) is 47.6. The largest absolute Gasteiger partial charge is 0.352 e. The summed E-state index contributed by atoms with van der Waals surface area (Å²) in [6.45, 7) is 5.89. The Balaban J connectivity index is 1.15. The molecule has 3 heterocycles. The van der Waals surface area contributed by atoms with Crippen molar-refractivity contribution in [2.45, 2.75) is 101 Å². The van der Waals surface area contributed by atoms with Crippen LogP contribution in [0.2, 0.25) is 0 Å². The zero-order valence-electron chi connectivity index (χ0n) is 18.9. The lowest BCUT2D eigenvalue weighted by molar-refractivity contribution is -0.124. The number of nitrogens with zero attached hydrogens (tertiary/aromatic N) is 2. The number of nitrogens with one attached hydrogen (secondary N) is 2. The average molecular weight is 421 g/mol. The second-order valence-corrected chi connectivity index (χ2v) is 11.1. The van der Waals surface area contributed by atoms with Gasteiger partial charge in [0, 0.05) is 43.2 Å². The Bertz CT molecular complexity index is 614. The second-order valence-electron chi connectivity index (χ2n) is 11.1. The topological polar surface area (TPSA) is 47.6 Å². The molecule has 5 rings (SSSR count). The fraction of sp³-hybridized carbons (Fsp3) is 0.958. The van der Waals surface area contributed by atoms with Crippen LogP contribution in [0.15, 0.2) is 0 Å². The number of amides is 1. The first kappa shape index (κ1) is 21.1. The van der Waals surface area contributed by atoms with Gasteiger partial charge in [0.05, 0.1) is 6.04 Å². The highest BCUT2D eigenvalue weighted by atomic mass is 19.1. The Kier molecular flexibility index (Phi) is 6.11. The third kappa shape index (κ3) is 4.04. The van der Waals surface area contributed by atoms with Crippen molar-refractivity contribution in [2.24, 2.45) is 17.8 Å². The van der Waals surface area contributed by atoms with E-state index >= 15 is 0 Å². The van der Waals surface area contributed by atoms with E-state index in [1.165, 1.54) is 45.3 Å². The summed E-state index contributed by atoms with van der Waals surface area (Å²) < 4.78 is 14.4. The first-order chi connectivity index (χ1) is 14.5. The number of hydrogen-bond acceptors (Lipinski definition) is 4. The molecule has 3 aliphatic heterocycles. The van der Waals surface area contributed by atoms with Crippen molar-refractivity contribution in [2.75, 3.05) is 26.7 Å². The summed E-state index contributed by atoms with van der Waals surface area (Å²) in [5.41, 5.74) is 0. The van der Waals surface area contributed by atoms with Crippen molar-refractivity contribution < 1.29 is 9.18 Å². The molecule has 9 unspecified atom stereocenters.